The number of phenols is 1. The smallest absolute Gasteiger partial charge is 0.329 e. The van der Waals surface area contributed by atoms with Gasteiger partial charge in [-0.15, -0.1) is 0 Å². The Kier molecular flexibility index (Phi) is 4.35. The number of methoxy groups -OCH3 is 1. The van der Waals surface area contributed by atoms with Crippen LogP contribution in [0, 0.1) is 0 Å². The van der Waals surface area contributed by atoms with Gasteiger partial charge in [0, 0.05) is 0 Å². The molecule has 1 aromatic rings. The Morgan fingerprint density at radius 1 is 1.24 bits per heavy atom. The number of carbonyl (C=O) groups is 2. The van der Waals surface area contributed by atoms with E-state index in [0.29, 0.717) is 18.6 Å². The largest absolute Gasteiger partial charge is 0.507 e. The minimum atomic E-state index is -1.25. The number of benzene rings is 1. The molecule has 114 valence electrons. The molecule has 2 rings (SSSR count). The van der Waals surface area contributed by atoms with E-state index < -0.39 is 17.4 Å². The maximum atomic E-state index is 12.3. The van der Waals surface area contributed by atoms with Crippen molar-refractivity contribution in [3.63, 3.8) is 0 Å². The standard InChI is InChI=1S/C15H19NO5/c1-21-10-5-6-12(17)11(9-10)13(18)16-15(14(19)20)7-3-2-4-8-15/h5-6,9,17H,2-4,7-8H2,1H3,(H,16,18)(H,19,20). The second kappa shape index (κ2) is 6.03. The summed E-state index contributed by atoms with van der Waals surface area (Å²) in [5.74, 6) is -1.41. The number of aromatic hydroxyl groups is 1. The number of ether oxygens (including phenoxy) is 1. The van der Waals surface area contributed by atoms with Gasteiger partial charge in [-0.25, -0.2) is 4.79 Å². The molecule has 0 radical (unpaired) electrons. The van der Waals surface area contributed by atoms with E-state index in [1.807, 2.05) is 0 Å². The highest BCUT2D eigenvalue weighted by Gasteiger charge is 2.41. The normalized spacial score (nSPS) is 17.0. The summed E-state index contributed by atoms with van der Waals surface area (Å²) in [7, 11) is 1.45. The SMILES string of the molecule is COc1ccc(O)c(C(=O)NC2(C(=O)O)CCCCC2)c1. The molecule has 1 aliphatic rings. The number of hydrogen-bond donors (Lipinski definition) is 3. The van der Waals surface area contributed by atoms with Crippen molar-refractivity contribution in [2.45, 2.75) is 37.6 Å². The molecule has 21 heavy (non-hydrogen) atoms. The Balaban J connectivity index is 2.25. The Labute approximate surface area is 122 Å². The van der Waals surface area contributed by atoms with Gasteiger partial charge in [-0.05, 0) is 31.0 Å². The van der Waals surface area contributed by atoms with Crippen LogP contribution in [0.2, 0.25) is 0 Å². The Morgan fingerprint density at radius 2 is 1.90 bits per heavy atom. The van der Waals surface area contributed by atoms with Crippen molar-refractivity contribution in [1.29, 1.82) is 0 Å². The number of nitrogens with one attached hydrogen (secondary N) is 1. The molecule has 1 saturated carbocycles. The topological polar surface area (TPSA) is 95.9 Å². The number of hydrogen-bond acceptors (Lipinski definition) is 4. The number of carbonyl (C=O) groups excluding carboxylic acids is 1. The van der Waals surface area contributed by atoms with Gasteiger partial charge in [0.15, 0.2) is 0 Å². The van der Waals surface area contributed by atoms with E-state index in [1.54, 1.807) is 0 Å². The van der Waals surface area contributed by atoms with Crippen molar-refractivity contribution >= 4 is 11.9 Å². The highest BCUT2D eigenvalue weighted by Crippen LogP contribution is 2.30. The summed E-state index contributed by atoms with van der Waals surface area (Å²) in [6, 6.07) is 4.27. The maximum absolute atomic E-state index is 12.3. The van der Waals surface area contributed by atoms with Crippen LogP contribution in [0.5, 0.6) is 11.5 Å². The summed E-state index contributed by atoms with van der Waals surface area (Å²) >= 11 is 0. The van der Waals surface area contributed by atoms with Crippen molar-refractivity contribution in [3.05, 3.63) is 23.8 Å². The van der Waals surface area contributed by atoms with Gasteiger partial charge in [0.1, 0.15) is 17.0 Å². The fourth-order valence-corrected chi connectivity index (χ4v) is 2.66. The Morgan fingerprint density at radius 3 is 2.48 bits per heavy atom. The third-order valence-electron chi connectivity index (χ3n) is 3.92. The van der Waals surface area contributed by atoms with E-state index in [0.717, 1.165) is 19.3 Å². The number of amides is 1. The summed E-state index contributed by atoms with van der Waals surface area (Å²) in [6.07, 6.45) is 3.29. The first-order chi connectivity index (χ1) is 9.98. The van der Waals surface area contributed by atoms with Crippen LogP contribution in [0.1, 0.15) is 42.5 Å². The van der Waals surface area contributed by atoms with Crippen molar-refractivity contribution in [3.8, 4) is 11.5 Å². The molecule has 1 amide bonds. The summed E-state index contributed by atoms with van der Waals surface area (Å²) in [5.41, 5.74) is -1.23. The highest BCUT2D eigenvalue weighted by molar-refractivity contribution is 6.00. The molecule has 0 heterocycles. The zero-order valence-electron chi connectivity index (χ0n) is 11.9. The van der Waals surface area contributed by atoms with Crippen molar-refractivity contribution in [2.75, 3.05) is 7.11 Å². The third-order valence-corrected chi connectivity index (χ3v) is 3.92. The van der Waals surface area contributed by atoms with Gasteiger partial charge in [-0.1, -0.05) is 19.3 Å². The van der Waals surface area contributed by atoms with Crippen LogP contribution < -0.4 is 10.1 Å². The molecule has 0 saturated heterocycles. The minimum Gasteiger partial charge on any atom is -0.507 e. The van der Waals surface area contributed by atoms with E-state index in [1.165, 1.54) is 25.3 Å². The minimum absolute atomic E-state index is 0.0144. The van der Waals surface area contributed by atoms with Gasteiger partial charge in [0.25, 0.3) is 5.91 Å². The Bertz CT molecular complexity index is 549. The van der Waals surface area contributed by atoms with E-state index in [4.69, 9.17) is 4.74 Å². The lowest BCUT2D eigenvalue weighted by Gasteiger charge is -2.34. The fourth-order valence-electron chi connectivity index (χ4n) is 2.66. The van der Waals surface area contributed by atoms with Crippen LogP contribution in [0.25, 0.3) is 0 Å². The van der Waals surface area contributed by atoms with Gasteiger partial charge in [0.2, 0.25) is 0 Å². The van der Waals surface area contributed by atoms with Gasteiger partial charge >= 0.3 is 5.97 Å². The zero-order chi connectivity index (χ0) is 15.5. The van der Waals surface area contributed by atoms with E-state index in [9.17, 15) is 19.8 Å². The Hall–Kier alpha value is -2.24. The first kappa shape index (κ1) is 15.2. The van der Waals surface area contributed by atoms with Crippen LogP contribution >= 0.6 is 0 Å². The molecule has 0 unspecified atom stereocenters. The zero-order valence-corrected chi connectivity index (χ0v) is 11.9. The van der Waals surface area contributed by atoms with E-state index in [-0.39, 0.29) is 11.3 Å². The van der Waals surface area contributed by atoms with Crippen molar-refractivity contribution in [2.24, 2.45) is 0 Å². The van der Waals surface area contributed by atoms with Crippen molar-refractivity contribution < 1.29 is 24.5 Å². The van der Waals surface area contributed by atoms with Gasteiger partial charge in [-0.3, -0.25) is 4.79 Å². The fraction of sp³-hybridized carbons (Fsp3) is 0.467. The predicted molar refractivity (Wildman–Crippen MR) is 75.6 cm³/mol. The number of rotatable bonds is 4. The van der Waals surface area contributed by atoms with Gasteiger partial charge < -0.3 is 20.3 Å². The molecule has 0 aromatic heterocycles. The second-order valence-corrected chi connectivity index (χ2v) is 5.29. The number of carboxylic acid groups (broad SMARTS) is 1. The summed E-state index contributed by atoms with van der Waals surface area (Å²) in [6.45, 7) is 0. The summed E-state index contributed by atoms with van der Waals surface area (Å²) < 4.78 is 5.02. The summed E-state index contributed by atoms with van der Waals surface area (Å²) in [4.78, 5) is 23.9. The molecule has 1 aliphatic carbocycles. The van der Waals surface area contributed by atoms with Crippen LogP contribution in [0.4, 0.5) is 0 Å². The molecule has 1 aromatic carbocycles. The molecule has 0 spiro atoms. The summed E-state index contributed by atoms with van der Waals surface area (Å²) in [5, 5.41) is 21.8. The lowest BCUT2D eigenvalue weighted by Crippen LogP contribution is -2.55. The first-order valence-electron chi connectivity index (χ1n) is 6.91. The van der Waals surface area contributed by atoms with Crippen LogP contribution in [-0.2, 0) is 4.79 Å². The molecule has 1 fully saturated rings. The quantitative estimate of drug-likeness (QED) is 0.788. The van der Waals surface area contributed by atoms with Crippen LogP contribution in [0.3, 0.4) is 0 Å². The molecule has 6 heteroatoms. The van der Waals surface area contributed by atoms with Crippen LogP contribution in [-0.4, -0.2) is 34.7 Å². The highest BCUT2D eigenvalue weighted by atomic mass is 16.5. The maximum Gasteiger partial charge on any atom is 0.329 e. The monoisotopic (exact) mass is 293 g/mol. The van der Waals surface area contributed by atoms with Crippen molar-refractivity contribution in [1.82, 2.24) is 5.32 Å². The van der Waals surface area contributed by atoms with Gasteiger partial charge in [0.05, 0.1) is 12.7 Å². The van der Waals surface area contributed by atoms with E-state index in [2.05, 4.69) is 5.32 Å². The van der Waals surface area contributed by atoms with Gasteiger partial charge in [-0.2, -0.15) is 0 Å². The third kappa shape index (κ3) is 3.09. The lowest BCUT2D eigenvalue weighted by atomic mass is 9.81. The lowest BCUT2D eigenvalue weighted by molar-refractivity contribution is -0.145. The molecule has 3 N–H and O–H groups in total. The average Bonchev–Trinajstić information content (AvgIpc) is 2.48. The number of aliphatic carboxylic acids is 1. The average molecular weight is 293 g/mol. The molecular formula is C15H19NO5. The molecular weight excluding hydrogens is 274 g/mol. The van der Waals surface area contributed by atoms with E-state index >= 15 is 0 Å². The predicted octanol–water partition coefficient (Wildman–Crippen LogP) is 1.92. The molecule has 0 bridgehead atoms. The molecule has 0 atom stereocenters. The van der Waals surface area contributed by atoms with Crippen LogP contribution in [0.15, 0.2) is 18.2 Å². The molecule has 0 aliphatic heterocycles. The first-order valence-corrected chi connectivity index (χ1v) is 6.91. The second-order valence-electron chi connectivity index (χ2n) is 5.29. The number of carboxylic acids is 1. The number of phenolic OH excluding ortho intramolecular Hbond substituents is 1. The molecule has 6 nitrogen and oxygen atoms in total.